The molecule has 0 saturated heterocycles. The Labute approximate surface area is 143 Å². The molecule has 2 atom stereocenters. The summed E-state index contributed by atoms with van der Waals surface area (Å²) < 4.78 is 25.8. The maximum absolute atomic E-state index is 14.7. The van der Waals surface area contributed by atoms with Crippen molar-refractivity contribution in [3.8, 4) is 0 Å². The second kappa shape index (κ2) is 7.69. The molecule has 3 nitrogen and oxygen atoms in total. The Morgan fingerprint density at radius 1 is 1.35 bits per heavy atom. The van der Waals surface area contributed by atoms with E-state index in [9.17, 15) is 4.39 Å². The standard InChI is InChI=1S/C18H26FNO2S/c1-12-8-9-16(19)15(11-12)18(20-13(2)23)10-6-5-7-14(18)17(21-3)22-4/h8-9,11,14,17H,5-7,10H2,1-4H3,(H,20,23). The average Bonchev–Trinajstić information content (AvgIpc) is 2.52. The Morgan fingerprint density at radius 2 is 2.04 bits per heavy atom. The van der Waals surface area contributed by atoms with Gasteiger partial charge in [0.25, 0.3) is 0 Å². The van der Waals surface area contributed by atoms with Gasteiger partial charge < -0.3 is 14.8 Å². The number of benzene rings is 1. The average molecular weight is 339 g/mol. The molecule has 1 saturated carbocycles. The van der Waals surface area contributed by atoms with Crippen molar-refractivity contribution >= 4 is 17.2 Å². The highest BCUT2D eigenvalue weighted by atomic mass is 32.1. The fourth-order valence-electron chi connectivity index (χ4n) is 3.85. The van der Waals surface area contributed by atoms with Crippen molar-refractivity contribution in [2.75, 3.05) is 14.2 Å². The van der Waals surface area contributed by atoms with Crippen LogP contribution in [-0.4, -0.2) is 25.5 Å². The molecule has 1 aliphatic carbocycles. The lowest BCUT2D eigenvalue weighted by atomic mass is 9.68. The van der Waals surface area contributed by atoms with Gasteiger partial charge in [0, 0.05) is 25.7 Å². The van der Waals surface area contributed by atoms with Crippen LogP contribution in [0.5, 0.6) is 0 Å². The van der Waals surface area contributed by atoms with Crippen LogP contribution in [-0.2, 0) is 15.0 Å². The summed E-state index contributed by atoms with van der Waals surface area (Å²) in [5.41, 5.74) is 1.09. The van der Waals surface area contributed by atoms with Gasteiger partial charge in [0.15, 0.2) is 6.29 Å². The fourth-order valence-corrected chi connectivity index (χ4v) is 4.03. The minimum absolute atomic E-state index is 0.0135. The monoisotopic (exact) mass is 339 g/mol. The number of methoxy groups -OCH3 is 2. The predicted octanol–water partition coefficient (Wildman–Crippen LogP) is 4.08. The molecule has 128 valence electrons. The number of hydrogen-bond acceptors (Lipinski definition) is 3. The predicted molar refractivity (Wildman–Crippen MR) is 94.0 cm³/mol. The first kappa shape index (κ1) is 18.3. The second-order valence-corrected chi connectivity index (χ2v) is 6.94. The molecule has 1 fully saturated rings. The molecule has 0 heterocycles. The van der Waals surface area contributed by atoms with Crippen LogP contribution in [0.4, 0.5) is 4.39 Å². The molecule has 0 amide bonds. The van der Waals surface area contributed by atoms with Gasteiger partial charge in [0.2, 0.25) is 0 Å². The van der Waals surface area contributed by atoms with E-state index in [1.54, 1.807) is 20.3 Å². The zero-order valence-electron chi connectivity index (χ0n) is 14.3. The SMILES string of the molecule is COC(OC)C1CCCCC1(NC(C)=S)c1cc(C)ccc1F. The first-order chi connectivity index (χ1) is 10.9. The summed E-state index contributed by atoms with van der Waals surface area (Å²) in [6.45, 7) is 3.81. The topological polar surface area (TPSA) is 30.5 Å². The summed E-state index contributed by atoms with van der Waals surface area (Å²) >= 11 is 5.32. The van der Waals surface area contributed by atoms with E-state index in [0.29, 0.717) is 10.6 Å². The van der Waals surface area contributed by atoms with Crippen LogP contribution in [0, 0.1) is 18.7 Å². The first-order valence-electron chi connectivity index (χ1n) is 8.05. The van der Waals surface area contributed by atoms with E-state index in [4.69, 9.17) is 21.7 Å². The minimum atomic E-state index is -0.600. The smallest absolute Gasteiger partial charge is 0.162 e. The number of aryl methyl sites for hydroxylation is 1. The van der Waals surface area contributed by atoms with E-state index in [-0.39, 0.29) is 11.7 Å². The molecule has 0 aliphatic heterocycles. The fraction of sp³-hybridized carbons (Fsp3) is 0.611. The Balaban J connectivity index is 2.59. The van der Waals surface area contributed by atoms with Gasteiger partial charge in [-0.15, -0.1) is 0 Å². The Hall–Kier alpha value is -1.04. The number of hydrogen-bond donors (Lipinski definition) is 1. The molecular formula is C18H26FNO2S. The van der Waals surface area contributed by atoms with E-state index in [1.807, 2.05) is 19.9 Å². The van der Waals surface area contributed by atoms with Crippen molar-refractivity contribution in [3.63, 3.8) is 0 Å². The second-order valence-electron chi connectivity index (χ2n) is 6.33. The summed E-state index contributed by atoms with van der Waals surface area (Å²) in [5.74, 6) is -0.224. The summed E-state index contributed by atoms with van der Waals surface area (Å²) in [6.07, 6.45) is 3.38. The molecule has 0 bridgehead atoms. The molecule has 1 aliphatic rings. The van der Waals surface area contributed by atoms with Crippen LogP contribution in [0.2, 0.25) is 0 Å². The third kappa shape index (κ3) is 3.73. The van der Waals surface area contributed by atoms with E-state index < -0.39 is 11.8 Å². The van der Waals surface area contributed by atoms with E-state index >= 15 is 0 Å². The molecule has 0 aromatic heterocycles. The summed E-state index contributed by atoms with van der Waals surface area (Å²) in [6, 6.07) is 5.24. The van der Waals surface area contributed by atoms with Crippen LogP contribution in [0.3, 0.4) is 0 Å². The highest BCUT2D eigenvalue weighted by molar-refractivity contribution is 7.80. The zero-order valence-corrected chi connectivity index (χ0v) is 15.1. The normalized spacial score (nSPS) is 24.7. The van der Waals surface area contributed by atoms with Gasteiger partial charge in [0.05, 0.1) is 10.5 Å². The van der Waals surface area contributed by atoms with Crippen molar-refractivity contribution in [2.45, 2.75) is 51.4 Å². The molecular weight excluding hydrogens is 313 g/mol. The van der Waals surface area contributed by atoms with Crippen molar-refractivity contribution < 1.29 is 13.9 Å². The van der Waals surface area contributed by atoms with Gasteiger partial charge in [-0.25, -0.2) is 4.39 Å². The quantitative estimate of drug-likeness (QED) is 0.647. The Morgan fingerprint density at radius 3 is 2.65 bits per heavy atom. The van der Waals surface area contributed by atoms with Gasteiger partial charge in [-0.2, -0.15) is 0 Å². The van der Waals surface area contributed by atoms with Crippen LogP contribution in [0.15, 0.2) is 18.2 Å². The van der Waals surface area contributed by atoms with Crippen molar-refractivity contribution in [1.29, 1.82) is 0 Å². The van der Waals surface area contributed by atoms with E-state index in [1.165, 1.54) is 6.07 Å². The highest BCUT2D eigenvalue weighted by Gasteiger charge is 2.48. The molecule has 2 unspecified atom stereocenters. The van der Waals surface area contributed by atoms with Gasteiger partial charge in [0.1, 0.15) is 5.82 Å². The number of ether oxygens (including phenoxy) is 2. The lowest BCUT2D eigenvalue weighted by Gasteiger charge is -2.48. The van der Waals surface area contributed by atoms with Crippen LogP contribution in [0.25, 0.3) is 0 Å². The third-order valence-electron chi connectivity index (χ3n) is 4.76. The van der Waals surface area contributed by atoms with Crippen LogP contribution >= 0.6 is 12.2 Å². The molecule has 0 spiro atoms. The molecule has 2 rings (SSSR count). The van der Waals surface area contributed by atoms with Crippen molar-refractivity contribution in [2.24, 2.45) is 5.92 Å². The van der Waals surface area contributed by atoms with E-state index in [0.717, 1.165) is 31.2 Å². The lowest BCUT2D eigenvalue weighted by Crippen LogP contribution is -2.56. The Kier molecular flexibility index (Phi) is 6.12. The minimum Gasteiger partial charge on any atom is -0.370 e. The largest absolute Gasteiger partial charge is 0.370 e. The molecule has 0 radical (unpaired) electrons. The first-order valence-corrected chi connectivity index (χ1v) is 8.46. The zero-order chi connectivity index (χ0) is 17.0. The maximum atomic E-state index is 14.7. The van der Waals surface area contributed by atoms with Gasteiger partial charge in [-0.05, 0) is 32.8 Å². The molecule has 5 heteroatoms. The van der Waals surface area contributed by atoms with Gasteiger partial charge in [-0.3, -0.25) is 0 Å². The van der Waals surface area contributed by atoms with Gasteiger partial charge in [-0.1, -0.05) is 42.8 Å². The summed E-state index contributed by atoms with van der Waals surface area (Å²) in [4.78, 5) is 0.656. The number of halogens is 1. The van der Waals surface area contributed by atoms with Crippen LogP contribution < -0.4 is 5.32 Å². The van der Waals surface area contributed by atoms with Crippen LogP contribution in [0.1, 0.15) is 43.7 Å². The third-order valence-corrected chi connectivity index (χ3v) is 4.87. The van der Waals surface area contributed by atoms with Gasteiger partial charge >= 0.3 is 0 Å². The summed E-state index contributed by atoms with van der Waals surface area (Å²) in [7, 11) is 3.26. The lowest BCUT2D eigenvalue weighted by molar-refractivity contribution is -0.164. The highest BCUT2D eigenvalue weighted by Crippen LogP contribution is 2.45. The van der Waals surface area contributed by atoms with Crippen molar-refractivity contribution in [1.82, 2.24) is 5.32 Å². The maximum Gasteiger partial charge on any atom is 0.162 e. The van der Waals surface area contributed by atoms with E-state index in [2.05, 4.69) is 5.32 Å². The summed E-state index contributed by atoms with van der Waals surface area (Å²) in [5, 5.41) is 3.41. The molecule has 23 heavy (non-hydrogen) atoms. The van der Waals surface area contributed by atoms with Crippen molar-refractivity contribution in [3.05, 3.63) is 35.1 Å². The Bertz CT molecular complexity index is 562. The molecule has 1 N–H and O–H groups in total. The molecule has 1 aromatic rings. The number of rotatable bonds is 5. The number of nitrogens with one attached hydrogen (secondary N) is 1. The molecule has 1 aromatic carbocycles. The number of thiocarbonyl (C=S) groups is 1.